The highest BCUT2D eigenvalue weighted by Crippen LogP contribution is 2.41. The number of pyridine rings is 1. The van der Waals surface area contributed by atoms with Crippen molar-refractivity contribution in [1.29, 1.82) is 0 Å². The Hall–Kier alpha value is -1.08. The summed E-state index contributed by atoms with van der Waals surface area (Å²) in [7, 11) is 0. The first-order valence-electron chi connectivity index (χ1n) is 10.8. The standard InChI is InChI=1S/C24H28Br2ClN3O/c1-14-11-21(29-8-6-17(7-9-29)5-4-10-31)22-15(2)16(3)30(24(22)28-14)23-19(25)12-18(27)13-20(23)26/h11-13,17,31H,4-10H2,1-3H3. The summed E-state index contributed by atoms with van der Waals surface area (Å²) < 4.78 is 4.10. The van der Waals surface area contributed by atoms with Crippen LogP contribution >= 0.6 is 43.5 Å². The highest BCUT2D eigenvalue weighted by Gasteiger charge is 2.25. The molecule has 7 heteroatoms. The molecule has 2 aromatic heterocycles. The van der Waals surface area contributed by atoms with Crippen molar-refractivity contribution in [3.05, 3.63) is 49.1 Å². The first-order chi connectivity index (χ1) is 14.8. The molecule has 1 aromatic carbocycles. The first kappa shape index (κ1) is 23.1. The Balaban J connectivity index is 1.82. The summed E-state index contributed by atoms with van der Waals surface area (Å²) in [5, 5.41) is 11.1. The highest BCUT2D eigenvalue weighted by atomic mass is 79.9. The van der Waals surface area contributed by atoms with E-state index in [-0.39, 0.29) is 0 Å². The summed E-state index contributed by atoms with van der Waals surface area (Å²) in [6, 6.07) is 6.09. The number of fused-ring (bicyclic) bond motifs is 1. The molecular weight excluding hydrogens is 542 g/mol. The molecule has 0 atom stereocenters. The van der Waals surface area contributed by atoms with Crippen molar-refractivity contribution in [3.8, 4) is 5.69 Å². The maximum Gasteiger partial charge on any atom is 0.147 e. The highest BCUT2D eigenvalue weighted by molar-refractivity contribution is 9.11. The second kappa shape index (κ2) is 9.42. The minimum absolute atomic E-state index is 0.298. The molecule has 166 valence electrons. The largest absolute Gasteiger partial charge is 0.396 e. The molecule has 1 saturated heterocycles. The summed E-state index contributed by atoms with van der Waals surface area (Å²) in [5.41, 5.74) is 6.74. The fourth-order valence-corrected chi connectivity index (χ4v) is 6.81. The fourth-order valence-electron chi connectivity index (χ4n) is 4.78. The third-order valence-corrected chi connectivity index (χ3v) is 7.93. The van der Waals surface area contributed by atoms with Crippen LogP contribution in [0, 0.1) is 26.7 Å². The lowest BCUT2D eigenvalue weighted by Gasteiger charge is -2.34. The number of benzene rings is 1. The molecule has 1 fully saturated rings. The van der Waals surface area contributed by atoms with Crippen molar-refractivity contribution in [1.82, 2.24) is 9.55 Å². The smallest absolute Gasteiger partial charge is 0.147 e. The molecular formula is C24H28Br2ClN3O. The van der Waals surface area contributed by atoms with Crippen molar-refractivity contribution in [3.63, 3.8) is 0 Å². The number of hydrogen-bond acceptors (Lipinski definition) is 3. The number of nitrogens with zero attached hydrogens (tertiary/aromatic N) is 3. The maximum absolute atomic E-state index is 9.15. The van der Waals surface area contributed by atoms with Crippen LogP contribution in [0.25, 0.3) is 16.7 Å². The van der Waals surface area contributed by atoms with Gasteiger partial charge in [-0.2, -0.15) is 0 Å². The molecule has 0 radical (unpaired) electrons. The van der Waals surface area contributed by atoms with Gasteiger partial charge >= 0.3 is 0 Å². The zero-order chi connectivity index (χ0) is 22.3. The first-order valence-corrected chi connectivity index (χ1v) is 12.8. The summed E-state index contributed by atoms with van der Waals surface area (Å²) in [6.45, 7) is 8.82. The number of anilines is 1. The number of aliphatic hydroxyl groups excluding tert-OH is 1. The SMILES string of the molecule is Cc1cc(N2CCC(CCCO)CC2)c2c(C)c(C)n(-c3c(Br)cc(Cl)cc3Br)c2n1. The van der Waals surface area contributed by atoms with E-state index >= 15 is 0 Å². The van der Waals surface area contributed by atoms with Crippen LogP contribution in [0.2, 0.25) is 5.02 Å². The van der Waals surface area contributed by atoms with E-state index in [1.165, 1.54) is 35.2 Å². The van der Waals surface area contributed by atoms with Crippen molar-refractivity contribution in [2.45, 2.75) is 46.5 Å². The monoisotopic (exact) mass is 567 g/mol. The molecule has 1 aliphatic heterocycles. The van der Waals surface area contributed by atoms with Crippen LogP contribution in [0.15, 0.2) is 27.1 Å². The minimum Gasteiger partial charge on any atom is -0.396 e. The molecule has 0 spiro atoms. The van der Waals surface area contributed by atoms with E-state index in [2.05, 4.69) is 68.2 Å². The second-order valence-electron chi connectivity index (χ2n) is 8.54. The molecule has 1 N–H and O–H groups in total. The van der Waals surface area contributed by atoms with Crippen molar-refractivity contribution in [2.75, 3.05) is 24.6 Å². The Morgan fingerprint density at radius 1 is 1.10 bits per heavy atom. The fraction of sp³-hybridized carbons (Fsp3) is 0.458. The zero-order valence-corrected chi connectivity index (χ0v) is 22.1. The molecule has 31 heavy (non-hydrogen) atoms. The zero-order valence-electron chi connectivity index (χ0n) is 18.2. The number of halogens is 3. The maximum atomic E-state index is 9.15. The van der Waals surface area contributed by atoms with E-state index in [9.17, 15) is 0 Å². The van der Waals surface area contributed by atoms with Crippen LogP contribution in [-0.4, -0.2) is 34.4 Å². The number of aryl methyl sites for hydroxylation is 2. The molecule has 3 aromatic rings. The van der Waals surface area contributed by atoms with Crippen molar-refractivity contribution < 1.29 is 5.11 Å². The third-order valence-electron chi connectivity index (χ3n) is 6.50. The van der Waals surface area contributed by atoms with Crippen LogP contribution < -0.4 is 4.90 Å². The van der Waals surface area contributed by atoms with Gasteiger partial charge in [-0.15, -0.1) is 0 Å². The van der Waals surface area contributed by atoms with Gasteiger partial charge in [0.05, 0.1) is 5.69 Å². The van der Waals surface area contributed by atoms with Gasteiger partial charge in [0.1, 0.15) is 5.65 Å². The van der Waals surface area contributed by atoms with Gasteiger partial charge < -0.3 is 10.0 Å². The van der Waals surface area contributed by atoms with Crippen LogP contribution in [0.5, 0.6) is 0 Å². The summed E-state index contributed by atoms with van der Waals surface area (Å²) in [5.74, 6) is 0.718. The Kier molecular flexibility index (Phi) is 7.02. The van der Waals surface area contributed by atoms with Crippen molar-refractivity contribution in [2.24, 2.45) is 5.92 Å². The molecule has 1 aliphatic rings. The van der Waals surface area contributed by atoms with Crippen LogP contribution in [0.4, 0.5) is 5.69 Å². The predicted octanol–water partition coefficient (Wildman–Crippen LogP) is 7.12. The quantitative estimate of drug-likeness (QED) is 0.356. The Morgan fingerprint density at radius 3 is 2.35 bits per heavy atom. The van der Waals surface area contributed by atoms with Crippen LogP contribution in [0.3, 0.4) is 0 Å². The topological polar surface area (TPSA) is 41.3 Å². The molecule has 0 saturated carbocycles. The molecule has 0 bridgehead atoms. The van der Waals surface area contributed by atoms with Crippen LogP contribution in [-0.2, 0) is 0 Å². The normalized spacial score (nSPS) is 15.3. The molecule has 4 rings (SSSR count). The number of aliphatic hydroxyl groups is 1. The Bertz CT molecular complexity index is 1100. The number of aromatic nitrogens is 2. The lowest BCUT2D eigenvalue weighted by molar-refractivity contribution is 0.261. The van der Waals surface area contributed by atoms with Gasteiger partial charge in [-0.3, -0.25) is 4.57 Å². The van der Waals surface area contributed by atoms with Crippen molar-refractivity contribution >= 4 is 60.2 Å². The molecule has 3 heterocycles. The molecule has 0 aliphatic carbocycles. The minimum atomic E-state index is 0.298. The summed E-state index contributed by atoms with van der Waals surface area (Å²) >= 11 is 13.7. The van der Waals surface area contributed by atoms with Gasteiger partial charge in [0.2, 0.25) is 0 Å². The van der Waals surface area contributed by atoms with Gasteiger partial charge in [-0.05, 0) is 108 Å². The molecule has 0 amide bonds. The van der Waals surface area contributed by atoms with E-state index in [4.69, 9.17) is 21.7 Å². The van der Waals surface area contributed by atoms with E-state index in [1.54, 1.807) is 0 Å². The third kappa shape index (κ3) is 4.41. The van der Waals surface area contributed by atoms with Gasteiger partial charge in [0.25, 0.3) is 0 Å². The van der Waals surface area contributed by atoms with Gasteiger partial charge in [0.15, 0.2) is 0 Å². The Labute approximate surface area is 205 Å². The molecule has 0 unspecified atom stereocenters. The lowest BCUT2D eigenvalue weighted by atomic mass is 9.92. The van der Waals surface area contributed by atoms with E-state index in [0.717, 1.165) is 57.8 Å². The number of rotatable bonds is 5. The average Bonchev–Trinajstić information content (AvgIpc) is 2.96. The van der Waals surface area contributed by atoms with Gasteiger partial charge in [-0.1, -0.05) is 11.6 Å². The van der Waals surface area contributed by atoms with E-state index in [1.807, 2.05) is 12.1 Å². The van der Waals surface area contributed by atoms with Gasteiger partial charge in [0, 0.05) is 56.1 Å². The average molecular weight is 570 g/mol. The second-order valence-corrected chi connectivity index (χ2v) is 10.7. The van der Waals surface area contributed by atoms with E-state index in [0.29, 0.717) is 11.6 Å². The Morgan fingerprint density at radius 2 is 1.74 bits per heavy atom. The molecule has 4 nitrogen and oxygen atoms in total. The summed E-state index contributed by atoms with van der Waals surface area (Å²) in [6.07, 6.45) is 4.39. The van der Waals surface area contributed by atoms with Crippen LogP contribution in [0.1, 0.15) is 42.6 Å². The van der Waals surface area contributed by atoms with E-state index < -0.39 is 0 Å². The lowest BCUT2D eigenvalue weighted by Crippen LogP contribution is -2.34. The summed E-state index contributed by atoms with van der Waals surface area (Å²) in [4.78, 5) is 7.51. The van der Waals surface area contributed by atoms with Gasteiger partial charge in [-0.25, -0.2) is 4.98 Å². The number of piperidine rings is 1. The number of hydrogen-bond donors (Lipinski definition) is 1. The predicted molar refractivity (Wildman–Crippen MR) is 137 cm³/mol.